The van der Waals surface area contributed by atoms with E-state index < -0.39 is 0 Å². The molecule has 3 aromatic rings. The molecule has 0 radical (unpaired) electrons. The molecule has 0 spiro atoms. The van der Waals surface area contributed by atoms with Gasteiger partial charge in [-0.3, -0.25) is 4.79 Å². The summed E-state index contributed by atoms with van der Waals surface area (Å²) in [5.41, 5.74) is 3.46. The molecule has 2 heterocycles. The molecule has 5 heteroatoms. The third-order valence-corrected chi connectivity index (χ3v) is 6.84. The molecule has 1 amide bonds. The quantitative estimate of drug-likeness (QED) is 0.512. The van der Waals surface area contributed by atoms with Crippen LogP contribution in [-0.4, -0.2) is 39.6 Å². The fourth-order valence-electron chi connectivity index (χ4n) is 4.67. The van der Waals surface area contributed by atoms with Gasteiger partial charge in [-0.2, -0.15) is 0 Å². The van der Waals surface area contributed by atoms with Gasteiger partial charge in [0, 0.05) is 24.9 Å². The molecule has 2 aliphatic rings. The third kappa shape index (κ3) is 4.06. The molecule has 1 aliphatic heterocycles. The van der Waals surface area contributed by atoms with E-state index in [2.05, 4.69) is 65.8 Å². The van der Waals surface area contributed by atoms with Gasteiger partial charge in [0.2, 0.25) is 5.91 Å². The number of fused-ring (bicyclic) bond motifs is 1. The van der Waals surface area contributed by atoms with Gasteiger partial charge in [-0.15, -0.1) is 0 Å². The average Bonchev–Trinajstić information content (AvgIpc) is 3.47. The van der Waals surface area contributed by atoms with Crippen LogP contribution in [0.15, 0.2) is 48.5 Å². The number of hydrogen-bond donors (Lipinski definition) is 0. The Bertz CT molecular complexity index is 1070. The Balaban J connectivity index is 1.32. The number of rotatable bonds is 8. The molecule has 31 heavy (non-hydrogen) atoms. The standard InChI is InChI=1S/C26H31N3O2/c1-3-18(2)19-8-12-22(13-9-19)31-15-14-28-24-7-5-4-6-23(24)27-26(28)20-16-25(30)29(17-20)21-10-11-21/h4-9,12-13,18,20-21H,3,10-11,14-17H2,1-2H3. The lowest BCUT2D eigenvalue weighted by Gasteiger charge is -2.17. The highest BCUT2D eigenvalue weighted by Gasteiger charge is 2.41. The van der Waals surface area contributed by atoms with E-state index in [1.165, 1.54) is 5.56 Å². The van der Waals surface area contributed by atoms with Crippen LogP contribution in [0.5, 0.6) is 5.75 Å². The monoisotopic (exact) mass is 417 g/mol. The van der Waals surface area contributed by atoms with Crippen LogP contribution in [-0.2, 0) is 11.3 Å². The Morgan fingerprint density at radius 2 is 1.90 bits per heavy atom. The van der Waals surface area contributed by atoms with Crippen molar-refractivity contribution in [3.05, 3.63) is 59.9 Å². The van der Waals surface area contributed by atoms with E-state index in [0.717, 1.165) is 55.0 Å². The molecule has 1 saturated heterocycles. The molecular weight excluding hydrogens is 386 g/mol. The number of imidazole rings is 1. The highest BCUT2D eigenvalue weighted by molar-refractivity contribution is 5.81. The first-order valence-electron chi connectivity index (χ1n) is 11.6. The second-order valence-corrected chi connectivity index (χ2v) is 9.02. The smallest absolute Gasteiger partial charge is 0.223 e. The fraction of sp³-hybridized carbons (Fsp3) is 0.462. The van der Waals surface area contributed by atoms with E-state index in [4.69, 9.17) is 9.72 Å². The van der Waals surface area contributed by atoms with Gasteiger partial charge in [-0.25, -0.2) is 4.98 Å². The van der Waals surface area contributed by atoms with Gasteiger partial charge in [-0.1, -0.05) is 38.1 Å². The van der Waals surface area contributed by atoms with Crippen molar-refractivity contribution in [1.29, 1.82) is 0 Å². The highest BCUT2D eigenvalue weighted by atomic mass is 16.5. The number of amides is 1. The predicted molar refractivity (Wildman–Crippen MR) is 122 cm³/mol. The number of hydrogen-bond acceptors (Lipinski definition) is 3. The number of likely N-dealkylation sites (tertiary alicyclic amines) is 1. The van der Waals surface area contributed by atoms with Crippen molar-refractivity contribution in [1.82, 2.24) is 14.5 Å². The predicted octanol–water partition coefficient (Wildman–Crippen LogP) is 5.11. The summed E-state index contributed by atoms with van der Waals surface area (Å²) in [6, 6.07) is 17.2. The molecule has 1 aromatic heterocycles. The van der Waals surface area contributed by atoms with E-state index in [0.29, 0.717) is 25.0 Å². The Morgan fingerprint density at radius 1 is 1.13 bits per heavy atom. The van der Waals surface area contributed by atoms with E-state index in [1.54, 1.807) is 0 Å². The van der Waals surface area contributed by atoms with E-state index in [1.807, 2.05) is 6.07 Å². The molecule has 0 N–H and O–H groups in total. The van der Waals surface area contributed by atoms with Crippen LogP contribution in [0.25, 0.3) is 11.0 Å². The molecule has 2 unspecified atom stereocenters. The topological polar surface area (TPSA) is 47.4 Å². The van der Waals surface area contributed by atoms with E-state index in [9.17, 15) is 4.79 Å². The van der Waals surface area contributed by atoms with Crippen LogP contribution in [0.1, 0.15) is 62.8 Å². The van der Waals surface area contributed by atoms with Gasteiger partial charge >= 0.3 is 0 Å². The maximum atomic E-state index is 12.5. The number of carbonyl (C=O) groups excluding carboxylic acids is 1. The van der Waals surface area contributed by atoms with Crippen molar-refractivity contribution in [3.63, 3.8) is 0 Å². The average molecular weight is 418 g/mol. The number of carbonyl (C=O) groups is 1. The minimum atomic E-state index is 0.162. The van der Waals surface area contributed by atoms with Gasteiger partial charge in [0.1, 0.15) is 18.2 Å². The number of para-hydroxylation sites is 2. The van der Waals surface area contributed by atoms with Crippen molar-refractivity contribution >= 4 is 16.9 Å². The SMILES string of the molecule is CCC(C)c1ccc(OCCn2c(C3CC(=O)N(C4CC4)C3)nc3ccccc32)cc1. The largest absolute Gasteiger partial charge is 0.492 e. The van der Waals surface area contributed by atoms with Crippen LogP contribution >= 0.6 is 0 Å². The normalized spacial score (nSPS) is 19.9. The number of ether oxygens (including phenoxy) is 1. The van der Waals surface area contributed by atoms with Gasteiger partial charge < -0.3 is 14.2 Å². The molecular formula is C26H31N3O2. The van der Waals surface area contributed by atoms with Gasteiger partial charge in [0.15, 0.2) is 0 Å². The van der Waals surface area contributed by atoms with Crippen molar-refractivity contribution in [2.24, 2.45) is 0 Å². The lowest BCUT2D eigenvalue weighted by atomic mass is 9.99. The molecule has 2 atom stereocenters. The molecule has 5 nitrogen and oxygen atoms in total. The zero-order valence-corrected chi connectivity index (χ0v) is 18.5. The summed E-state index contributed by atoms with van der Waals surface area (Å²) in [6.45, 7) is 6.55. The van der Waals surface area contributed by atoms with Crippen molar-refractivity contribution in [3.8, 4) is 5.75 Å². The van der Waals surface area contributed by atoms with Crippen LogP contribution in [0, 0.1) is 0 Å². The first-order valence-corrected chi connectivity index (χ1v) is 11.6. The van der Waals surface area contributed by atoms with Crippen LogP contribution in [0.2, 0.25) is 0 Å². The van der Waals surface area contributed by atoms with Gasteiger partial charge in [0.25, 0.3) is 0 Å². The first-order chi connectivity index (χ1) is 15.1. The second-order valence-electron chi connectivity index (χ2n) is 9.02. The lowest BCUT2D eigenvalue weighted by molar-refractivity contribution is -0.128. The number of aromatic nitrogens is 2. The minimum absolute atomic E-state index is 0.162. The van der Waals surface area contributed by atoms with E-state index >= 15 is 0 Å². The minimum Gasteiger partial charge on any atom is -0.492 e. The summed E-state index contributed by atoms with van der Waals surface area (Å²) in [7, 11) is 0. The maximum absolute atomic E-state index is 12.5. The molecule has 0 bridgehead atoms. The Morgan fingerprint density at radius 3 is 2.65 bits per heavy atom. The van der Waals surface area contributed by atoms with Crippen molar-refractivity contribution in [2.45, 2.75) is 64.0 Å². The van der Waals surface area contributed by atoms with Gasteiger partial charge in [0.05, 0.1) is 17.6 Å². The van der Waals surface area contributed by atoms with Crippen molar-refractivity contribution in [2.75, 3.05) is 13.2 Å². The Kier molecular flexibility index (Phi) is 5.43. The van der Waals surface area contributed by atoms with Crippen LogP contribution in [0.4, 0.5) is 0 Å². The maximum Gasteiger partial charge on any atom is 0.223 e. The van der Waals surface area contributed by atoms with Gasteiger partial charge in [-0.05, 0) is 55.0 Å². The molecule has 1 saturated carbocycles. The van der Waals surface area contributed by atoms with Crippen LogP contribution in [0.3, 0.4) is 0 Å². The zero-order chi connectivity index (χ0) is 21.4. The molecule has 1 aliphatic carbocycles. The second kappa shape index (κ2) is 8.37. The summed E-state index contributed by atoms with van der Waals surface area (Å²) in [6.07, 6.45) is 4.01. The third-order valence-electron chi connectivity index (χ3n) is 6.84. The number of nitrogens with zero attached hydrogens (tertiary/aromatic N) is 3. The Hall–Kier alpha value is -2.82. The molecule has 5 rings (SSSR count). The summed E-state index contributed by atoms with van der Waals surface area (Å²) in [4.78, 5) is 19.5. The Labute approximate surface area is 184 Å². The first kappa shape index (κ1) is 20.1. The number of benzene rings is 2. The summed E-state index contributed by atoms with van der Waals surface area (Å²) in [5, 5.41) is 0. The van der Waals surface area contributed by atoms with Crippen LogP contribution < -0.4 is 4.74 Å². The lowest BCUT2D eigenvalue weighted by Crippen LogP contribution is -2.27. The summed E-state index contributed by atoms with van der Waals surface area (Å²) >= 11 is 0. The molecule has 162 valence electrons. The molecule has 2 fully saturated rings. The fourth-order valence-corrected chi connectivity index (χ4v) is 4.67. The van der Waals surface area contributed by atoms with E-state index in [-0.39, 0.29) is 11.8 Å². The summed E-state index contributed by atoms with van der Waals surface area (Å²) < 4.78 is 8.34. The van der Waals surface area contributed by atoms with Crippen molar-refractivity contribution < 1.29 is 9.53 Å². The molecule has 2 aromatic carbocycles. The summed E-state index contributed by atoms with van der Waals surface area (Å²) in [5.74, 6) is 2.93. The highest BCUT2D eigenvalue weighted by Crippen LogP contribution is 2.37. The zero-order valence-electron chi connectivity index (χ0n) is 18.5.